The van der Waals surface area contributed by atoms with Gasteiger partial charge in [0.1, 0.15) is 0 Å². The van der Waals surface area contributed by atoms with Crippen molar-refractivity contribution in [2.75, 3.05) is 0 Å². The third-order valence-electron chi connectivity index (χ3n) is 3.80. The Kier molecular flexibility index (Phi) is 3.31. The smallest absolute Gasteiger partial charge is 0.416 e. The molecular weight excluding hydrogens is 277 g/mol. The topological polar surface area (TPSA) is 77.8 Å². The Bertz CT molecular complexity index is 545. The van der Waals surface area contributed by atoms with Gasteiger partial charge in [0.05, 0.1) is 11.0 Å². The molecule has 1 saturated carbocycles. The number of carboxylic acid groups (broad SMARTS) is 1. The summed E-state index contributed by atoms with van der Waals surface area (Å²) in [5.74, 6) is -3.01. The molecule has 0 unspecified atom stereocenters. The third-order valence-corrected chi connectivity index (χ3v) is 3.80. The fraction of sp³-hybridized carbons (Fsp3) is 0.462. The molecule has 1 aromatic rings. The summed E-state index contributed by atoms with van der Waals surface area (Å²) < 4.78 is 39.2. The van der Waals surface area contributed by atoms with Gasteiger partial charge in [-0.2, -0.15) is 13.2 Å². The number of rotatable bonds is 2. The summed E-state index contributed by atoms with van der Waals surface area (Å²) in [6, 6.07) is 1.10. The molecule has 1 aromatic carbocycles. The van der Waals surface area contributed by atoms with E-state index in [0.717, 1.165) is 6.07 Å². The van der Waals surface area contributed by atoms with Crippen molar-refractivity contribution in [2.45, 2.75) is 37.3 Å². The fourth-order valence-electron chi connectivity index (χ4n) is 2.78. The van der Waals surface area contributed by atoms with E-state index in [1.54, 1.807) is 0 Å². The average molecular weight is 290 g/mol. The maximum absolute atomic E-state index is 13.1. The number of aromatic hydroxyl groups is 2. The molecule has 20 heavy (non-hydrogen) atoms. The van der Waals surface area contributed by atoms with Gasteiger partial charge in [-0.1, -0.05) is 12.8 Å². The van der Waals surface area contributed by atoms with E-state index in [9.17, 15) is 33.3 Å². The van der Waals surface area contributed by atoms with Gasteiger partial charge < -0.3 is 15.3 Å². The predicted molar refractivity (Wildman–Crippen MR) is 62.6 cm³/mol. The number of aliphatic carboxylic acids is 1. The third kappa shape index (κ3) is 2.17. The Balaban J connectivity index is 2.72. The van der Waals surface area contributed by atoms with E-state index in [0.29, 0.717) is 18.9 Å². The van der Waals surface area contributed by atoms with Crippen LogP contribution in [0.1, 0.15) is 36.8 Å². The second-order valence-electron chi connectivity index (χ2n) is 4.98. The maximum Gasteiger partial charge on any atom is 0.416 e. The molecule has 0 aliphatic heterocycles. The molecule has 1 aliphatic carbocycles. The molecule has 0 spiro atoms. The number of hydrogen-bond acceptors (Lipinski definition) is 3. The number of phenols is 2. The van der Waals surface area contributed by atoms with Crippen molar-refractivity contribution >= 4 is 5.97 Å². The first-order valence-corrected chi connectivity index (χ1v) is 6.05. The Morgan fingerprint density at radius 1 is 1.10 bits per heavy atom. The molecule has 0 atom stereocenters. The normalized spacial score (nSPS) is 18.1. The summed E-state index contributed by atoms with van der Waals surface area (Å²) in [4.78, 5) is 11.5. The van der Waals surface area contributed by atoms with E-state index in [1.165, 1.54) is 0 Å². The minimum Gasteiger partial charge on any atom is -0.504 e. The van der Waals surface area contributed by atoms with Crippen LogP contribution in [0.15, 0.2) is 12.1 Å². The van der Waals surface area contributed by atoms with Crippen LogP contribution in [0.2, 0.25) is 0 Å². The average Bonchev–Trinajstić information content (AvgIpc) is 2.81. The summed E-state index contributed by atoms with van der Waals surface area (Å²) in [7, 11) is 0. The molecule has 0 saturated heterocycles. The second-order valence-corrected chi connectivity index (χ2v) is 4.98. The summed E-state index contributed by atoms with van der Waals surface area (Å²) in [6.45, 7) is 0. The first-order chi connectivity index (χ1) is 9.18. The lowest BCUT2D eigenvalue weighted by molar-refractivity contribution is -0.146. The molecule has 7 heteroatoms. The summed E-state index contributed by atoms with van der Waals surface area (Å²) in [5.41, 5.74) is -3.35. The first-order valence-electron chi connectivity index (χ1n) is 6.05. The van der Waals surface area contributed by atoms with Gasteiger partial charge in [-0.3, -0.25) is 4.79 Å². The molecule has 0 heterocycles. The van der Waals surface area contributed by atoms with Crippen LogP contribution in [-0.4, -0.2) is 21.3 Å². The Morgan fingerprint density at radius 3 is 2.05 bits per heavy atom. The van der Waals surface area contributed by atoms with Crippen LogP contribution in [0.25, 0.3) is 0 Å². The number of alkyl halides is 3. The monoisotopic (exact) mass is 290 g/mol. The minimum absolute atomic E-state index is 0.0790. The van der Waals surface area contributed by atoms with Crippen LogP contribution in [0.3, 0.4) is 0 Å². The fourth-order valence-corrected chi connectivity index (χ4v) is 2.78. The molecule has 0 amide bonds. The molecule has 0 bridgehead atoms. The predicted octanol–water partition coefficient (Wildman–Crippen LogP) is 3.01. The van der Waals surface area contributed by atoms with E-state index in [2.05, 4.69) is 0 Å². The number of phenolic OH excluding ortho intramolecular Hbond substituents is 2. The van der Waals surface area contributed by atoms with Crippen molar-refractivity contribution in [3.8, 4) is 11.5 Å². The molecular formula is C13H13F3O4. The van der Waals surface area contributed by atoms with E-state index in [-0.39, 0.29) is 12.8 Å². The van der Waals surface area contributed by atoms with Crippen LogP contribution in [0, 0.1) is 0 Å². The van der Waals surface area contributed by atoms with Crippen LogP contribution in [-0.2, 0) is 16.4 Å². The van der Waals surface area contributed by atoms with Gasteiger partial charge in [0.15, 0.2) is 11.5 Å². The Labute approximate surface area is 112 Å². The van der Waals surface area contributed by atoms with Crippen LogP contribution in [0.4, 0.5) is 13.2 Å². The highest BCUT2D eigenvalue weighted by atomic mass is 19.4. The molecule has 0 radical (unpaired) electrons. The summed E-state index contributed by atoms with van der Waals surface area (Å²) in [6.07, 6.45) is -3.63. The van der Waals surface area contributed by atoms with Gasteiger partial charge in [-0.25, -0.2) is 0 Å². The van der Waals surface area contributed by atoms with Crippen molar-refractivity contribution in [3.05, 3.63) is 23.3 Å². The number of benzene rings is 1. The number of halogens is 3. The second kappa shape index (κ2) is 4.57. The number of carbonyl (C=O) groups is 1. The van der Waals surface area contributed by atoms with Gasteiger partial charge in [-0.15, -0.1) is 0 Å². The van der Waals surface area contributed by atoms with E-state index in [1.807, 2.05) is 0 Å². The van der Waals surface area contributed by atoms with Gasteiger partial charge >= 0.3 is 12.1 Å². The number of hydrogen-bond donors (Lipinski definition) is 3. The van der Waals surface area contributed by atoms with Crippen molar-refractivity contribution in [2.24, 2.45) is 0 Å². The highest BCUT2D eigenvalue weighted by Crippen LogP contribution is 2.49. The molecule has 2 rings (SSSR count). The van der Waals surface area contributed by atoms with E-state index < -0.39 is 40.2 Å². The van der Waals surface area contributed by atoms with Crippen LogP contribution in [0.5, 0.6) is 11.5 Å². The van der Waals surface area contributed by atoms with Gasteiger partial charge in [0.2, 0.25) is 0 Å². The molecule has 1 aliphatic rings. The van der Waals surface area contributed by atoms with E-state index >= 15 is 0 Å². The summed E-state index contributed by atoms with van der Waals surface area (Å²) in [5, 5.41) is 28.0. The van der Waals surface area contributed by atoms with Gasteiger partial charge in [0.25, 0.3) is 0 Å². The SMILES string of the molecule is O=C(O)C1(c2cc(O)c(O)cc2C(F)(F)F)CCCC1. The van der Waals surface area contributed by atoms with Crippen molar-refractivity contribution in [3.63, 3.8) is 0 Å². The largest absolute Gasteiger partial charge is 0.504 e. The van der Waals surface area contributed by atoms with Crippen LogP contribution < -0.4 is 0 Å². The zero-order valence-corrected chi connectivity index (χ0v) is 10.4. The highest BCUT2D eigenvalue weighted by molar-refractivity contribution is 5.83. The Hall–Kier alpha value is -1.92. The standard InChI is InChI=1S/C13H13F3O4/c14-13(15,16)8-6-10(18)9(17)5-7(8)12(11(19)20)3-1-2-4-12/h5-6,17-18H,1-4H2,(H,19,20). The van der Waals surface area contributed by atoms with Crippen molar-refractivity contribution in [1.29, 1.82) is 0 Å². The molecule has 0 aromatic heterocycles. The lowest BCUT2D eigenvalue weighted by Gasteiger charge is -2.28. The lowest BCUT2D eigenvalue weighted by atomic mass is 9.76. The van der Waals surface area contributed by atoms with Gasteiger partial charge in [-0.05, 0) is 30.5 Å². The van der Waals surface area contributed by atoms with Crippen LogP contribution >= 0.6 is 0 Å². The zero-order chi connectivity index (χ0) is 15.1. The molecule has 110 valence electrons. The highest BCUT2D eigenvalue weighted by Gasteiger charge is 2.48. The number of carboxylic acids is 1. The molecule has 4 nitrogen and oxygen atoms in total. The molecule has 3 N–H and O–H groups in total. The maximum atomic E-state index is 13.1. The lowest BCUT2D eigenvalue weighted by Crippen LogP contribution is -2.35. The summed E-state index contributed by atoms with van der Waals surface area (Å²) >= 11 is 0. The Morgan fingerprint density at radius 2 is 1.60 bits per heavy atom. The first kappa shape index (κ1) is 14.5. The minimum atomic E-state index is -4.80. The quantitative estimate of drug-likeness (QED) is 0.732. The van der Waals surface area contributed by atoms with Crippen molar-refractivity contribution in [1.82, 2.24) is 0 Å². The zero-order valence-electron chi connectivity index (χ0n) is 10.4. The van der Waals surface area contributed by atoms with Gasteiger partial charge in [0, 0.05) is 0 Å². The van der Waals surface area contributed by atoms with Crippen molar-refractivity contribution < 1.29 is 33.3 Å². The van der Waals surface area contributed by atoms with E-state index in [4.69, 9.17) is 0 Å². The molecule has 1 fully saturated rings.